The quantitative estimate of drug-likeness (QED) is 0.186. The van der Waals surface area contributed by atoms with Crippen LogP contribution >= 0.6 is 0 Å². The molecule has 0 unspecified atom stereocenters. The maximum absolute atomic E-state index is 5.82. The van der Waals surface area contributed by atoms with E-state index in [2.05, 4.69) is 31.2 Å². The smallest absolute Gasteiger partial charge is 0.142 e. The lowest BCUT2D eigenvalue weighted by Gasteiger charge is -2.10. The highest BCUT2D eigenvalue weighted by Crippen LogP contribution is 2.19. The Labute approximate surface area is 205 Å². The minimum absolute atomic E-state index is 0.458. The summed E-state index contributed by atoms with van der Waals surface area (Å²) in [6, 6.07) is 15.9. The number of unbranched alkanes of at least 4 members (excludes halogenated alkanes) is 5. The highest BCUT2D eigenvalue weighted by atomic mass is 16.6. The number of hydrogen-bond donors (Lipinski definition) is 1. The first-order chi connectivity index (χ1) is 16.8. The molecule has 2 N–H and O–H groups in total. The monoisotopic (exact) mass is 473 g/mol. The largest absolute Gasteiger partial charge is 0.491 e. The molecule has 0 aliphatic rings. The summed E-state index contributed by atoms with van der Waals surface area (Å²) in [6.07, 6.45) is 9.13. The number of nitrogen functional groups attached to an aromatic ring is 1. The van der Waals surface area contributed by atoms with E-state index in [1.54, 1.807) is 0 Å². The molecular formula is C28H43NO5. The van der Waals surface area contributed by atoms with Crippen molar-refractivity contribution >= 4 is 5.69 Å². The molecule has 2 aromatic carbocycles. The molecule has 34 heavy (non-hydrogen) atoms. The SMILES string of the molecule is CCCCCCCCc1ccc(OCCOCCOCCOCCOc2ccccc2N)cc1. The van der Waals surface area contributed by atoms with Crippen molar-refractivity contribution in [1.82, 2.24) is 0 Å². The Kier molecular flexibility index (Phi) is 15.7. The van der Waals surface area contributed by atoms with Crippen LogP contribution in [0.3, 0.4) is 0 Å². The van der Waals surface area contributed by atoms with Gasteiger partial charge in [0.25, 0.3) is 0 Å². The predicted octanol–water partition coefficient (Wildman–Crippen LogP) is 5.68. The zero-order chi connectivity index (χ0) is 24.1. The van der Waals surface area contributed by atoms with Gasteiger partial charge in [-0.3, -0.25) is 0 Å². The summed E-state index contributed by atoms with van der Waals surface area (Å²) in [5, 5.41) is 0. The second-order valence-electron chi connectivity index (χ2n) is 8.23. The van der Waals surface area contributed by atoms with Crippen LogP contribution in [0.15, 0.2) is 48.5 Å². The minimum atomic E-state index is 0.458. The van der Waals surface area contributed by atoms with Crippen LogP contribution in [0.25, 0.3) is 0 Å². The van der Waals surface area contributed by atoms with Crippen molar-refractivity contribution in [1.29, 1.82) is 0 Å². The molecule has 0 heterocycles. The summed E-state index contributed by atoms with van der Waals surface area (Å²) in [5.41, 5.74) is 7.83. The van der Waals surface area contributed by atoms with Crippen LogP contribution in [-0.4, -0.2) is 52.9 Å². The van der Waals surface area contributed by atoms with Gasteiger partial charge in [-0.05, 0) is 42.7 Å². The van der Waals surface area contributed by atoms with E-state index in [9.17, 15) is 0 Å². The molecule has 0 bridgehead atoms. The molecule has 0 fully saturated rings. The van der Waals surface area contributed by atoms with Gasteiger partial charge < -0.3 is 29.4 Å². The molecule has 0 aromatic heterocycles. The Balaban J connectivity index is 1.35. The fourth-order valence-corrected chi connectivity index (χ4v) is 3.44. The number of nitrogens with two attached hydrogens (primary N) is 1. The van der Waals surface area contributed by atoms with Crippen LogP contribution in [-0.2, 0) is 20.6 Å². The molecule has 0 atom stereocenters. The number of benzene rings is 2. The minimum Gasteiger partial charge on any atom is -0.491 e. The van der Waals surface area contributed by atoms with Crippen molar-refractivity contribution in [3.63, 3.8) is 0 Å². The van der Waals surface area contributed by atoms with Crippen LogP contribution in [0, 0.1) is 0 Å². The van der Waals surface area contributed by atoms with Crippen LogP contribution < -0.4 is 15.2 Å². The third-order valence-electron chi connectivity index (χ3n) is 5.39. The van der Waals surface area contributed by atoms with Gasteiger partial charge in [0.05, 0.1) is 45.3 Å². The average molecular weight is 474 g/mol. The summed E-state index contributed by atoms with van der Waals surface area (Å²) in [4.78, 5) is 0. The molecular weight excluding hydrogens is 430 g/mol. The molecule has 0 radical (unpaired) electrons. The van der Waals surface area contributed by atoms with Gasteiger partial charge in [0, 0.05) is 0 Å². The highest BCUT2D eigenvalue weighted by Gasteiger charge is 1.99. The first kappa shape index (κ1) is 28.0. The maximum Gasteiger partial charge on any atom is 0.142 e. The number of aryl methyl sites for hydroxylation is 1. The van der Waals surface area contributed by atoms with Crippen molar-refractivity contribution in [3.8, 4) is 11.5 Å². The standard InChI is InChI=1S/C28H43NO5/c1-2-3-4-5-6-7-10-25-13-15-26(16-14-25)33-23-21-31-19-17-30-18-20-32-22-24-34-28-12-9-8-11-27(28)29/h8-9,11-16H,2-7,10,17-24,29H2,1H3. The van der Waals surface area contributed by atoms with Gasteiger partial charge in [-0.25, -0.2) is 0 Å². The van der Waals surface area contributed by atoms with Crippen LogP contribution in [0.5, 0.6) is 11.5 Å². The topological polar surface area (TPSA) is 72.2 Å². The summed E-state index contributed by atoms with van der Waals surface area (Å²) in [5.74, 6) is 1.58. The molecule has 0 saturated carbocycles. The number of hydrogen-bond acceptors (Lipinski definition) is 6. The van der Waals surface area contributed by atoms with Gasteiger partial charge >= 0.3 is 0 Å². The van der Waals surface area contributed by atoms with E-state index >= 15 is 0 Å². The molecule has 2 rings (SSSR count). The average Bonchev–Trinajstić information content (AvgIpc) is 2.86. The maximum atomic E-state index is 5.82. The molecule has 190 valence electrons. The van der Waals surface area contributed by atoms with Crippen molar-refractivity contribution < 1.29 is 23.7 Å². The third kappa shape index (κ3) is 13.4. The predicted molar refractivity (Wildman–Crippen MR) is 138 cm³/mol. The van der Waals surface area contributed by atoms with Gasteiger partial charge in [0.1, 0.15) is 24.7 Å². The fraction of sp³-hybridized carbons (Fsp3) is 0.571. The van der Waals surface area contributed by atoms with E-state index in [1.807, 2.05) is 24.3 Å². The van der Waals surface area contributed by atoms with Gasteiger partial charge in [0.2, 0.25) is 0 Å². The molecule has 0 amide bonds. The van der Waals surface area contributed by atoms with Gasteiger partial charge in [-0.2, -0.15) is 0 Å². The van der Waals surface area contributed by atoms with Gasteiger partial charge in [-0.15, -0.1) is 0 Å². The Bertz CT molecular complexity index is 738. The van der Waals surface area contributed by atoms with E-state index < -0.39 is 0 Å². The van der Waals surface area contributed by atoms with Gasteiger partial charge in [0.15, 0.2) is 0 Å². The number of ether oxygens (including phenoxy) is 5. The first-order valence-electron chi connectivity index (χ1n) is 12.7. The summed E-state index contributed by atoms with van der Waals surface area (Å²) in [7, 11) is 0. The lowest BCUT2D eigenvalue weighted by Crippen LogP contribution is -2.14. The van der Waals surface area contributed by atoms with E-state index in [-0.39, 0.29) is 0 Å². The van der Waals surface area contributed by atoms with Crippen molar-refractivity contribution in [3.05, 3.63) is 54.1 Å². The molecule has 2 aromatic rings. The van der Waals surface area contributed by atoms with Gasteiger partial charge in [-0.1, -0.05) is 63.3 Å². The number of para-hydroxylation sites is 2. The Morgan fingerprint density at radius 3 is 1.79 bits per heavy atom. The number of rotatable bonds is 21. The molecule has 6 heteroatoms. The molecule has 0 saturated heterocycles. The van der Waals surface area contributed by atoms with Crippen LogP contribution in [0.1, 0.15) is 51.0 Å². The van der Waals surface area contributed by atoms with Crippen LogP contribution in [0.4, 0.5) is 5.69 Å². The van der Waals surface area contributed by atoms with Crippen molar-refractivity contribution in [2.24, 2.45) is 0 Å². The zero-order valence-electron chi connectivity index (χ0n) is 20.8. The molecule has 0 aliphatic carbocycles. The second-order valence-corrected chi connectivity index (χ2v) is 8.23. The molecule has 0 aliphatic heterocycles. The zero-order valence-corrected chi connectivity index (χ0v) is 20.8. The highest BCUT2D eigenvalue weighted by molar-refractivity contribution is 5.51. The molecule has 6 nitrogen and oxygen atoms in total. The van der Waals surface area contributed by atoms with Crippen molar-refractivity contribution in [2.45, 2.75) is 51.9 Å². The summed E-state index contributed by atoms with van der Waals surface area (Å²) in [6.45, 7) is 6.40. The Morgan fingerprint density at radius 2 is 1.15 bits per heavy atom. The molecule has 0 spiro atoms. The Morgan fingerprint density at radius 1 is 0.588 bits per heavy atom. The van der Waals surface area contributed by atoms with E-state index in [0.717, 1.165) is 12.2 Å². The normalized spacial score (nSPS) is 11.0. The lowest BCUT2D eigenvalue weighted by atomic mass is 10.0. The lowest BCUT2D eigenvalue weighted by molar-refractivity contribution is 0.00502. The second kappa shape index (κ2) is 19.1. The van der Waals surface area contributed by atoms with E-state index in [0.29, 0.717) is 64.3 Å². The fourth-order valence-electron chi connectivity index (χ4n) is 3.44. The Hall–Kier alpha value is -2.28. The first-order valence-corrected chi connectivity index (χ1v) is 12.7. The van der Waals surface area contributed by atoms with E-state index in [4.69, 9.17) is 29.4 Å². The number of anilines is 1. The summed E-state index contributed by atoms with van der Waals surface area (Å²) < 4.78 is 27.9. The van der Waals surface area contributed by atoms with Crippen LogP contribution in [0.2, 0.25) is 0 Å². The van der Waals surface area contributed by atoms with E-state index in [1.165, 1.54) is 44.1 Å². The van der Waals surface area contributed by atoms with Crippen molar-refractivity contribution in [2.75, 3.05) is 58.6 Å². The third-order valence-corrected chi connectivity index (χ3v) is 5.39. The summed E-state index contributed by atoms with van der Waals surface area (Å²) >= 11 is 0.